The number of benzene rings is 1. The van der Waals surface area contributed by atoms with Crippen molar-refractivity contribution in [1.29, 1.82) is 0 Å². The summed E-state index contributed by atoms with van der Waals surface area (Å²) in [5, 5.41) is 16.5. The summed E-state index contributed by atoms with van der Waals surface area (Å²) < 4.78 is 0. The zero-order valence-corrected chi connectivity index (χ0v) is 12.9. The summed E-state index contributed by atoms with van der Waals surface area (Å²) in [5.74, 6) is -0.966. The summed E-state index contributed by atoms with van der Waals surface area (Å²) in [6, 6.07) is 4.17. The maximum atomic E-state index is 11.8. The fourth-order valence-electron chi connectivity index (χ4n) is 1.54. The highest BCUT2D eigenvalue weighted by Crippen LogP contribution is 2.21. The molecule has 0 saturated heterocycles. The Kier molecular flexibility index (Phi) is 6.17. The van der Waals surface area contributed by atoms with Crippen LogP contribution in [0.5, 0.6) is 5.75 Å². The fourth-order valence-corrected chi connectivity index (χ4v) is 1.71. The summed E-state index contributed by atoms with van der Waals surface area (Å²) in [6.07, 6.45) is 0.0833. The normalized spacial score (nSPS) is 11.4. The van der Waals surface area contributed by atoms with E-state index in [4.69, 9.17) is 11.6 Å². The SMILES string of the molecule is CC(CC(=O)NC(C)C)=NNC(=O)c1cc(Cl)ccc1O. The number of hydrogen-bond acceptors (Lipinski definition) is 4. The molecule has 0 radical (unpaired) electrons. The molecule has 0 aliphatic heterocycles. The van der Waals surface area contributed by atoms with Gasteiger partial charge in [0.25, 0.3) is 5.91 Å². The average molecular weight is 312 g/mol. The van der Waals surface area contributed by atoms with Gasteiger partial charge < -0.3 is 10.4 Å². The number of rotatable bonds is 5. The molecule has 0 aliphatic carbocycles. The molecule has 0 unspecified atom stereocenters. The Balaban J connectivity index is 2.64. The Morgan fingerprint density at radius 1 is 1.38 bits per heavy atom. The van der Waals surface area contributed by atoms with Crippen LogP contribution in [-0.4, -0.2) is 28.7 Å². The average Bonchev–Trinajstić information content (AvgIpc) is 2.37. The second kappa shape index (κ2) is 7.64. The third-order valence-corrected chi connectivity index (χ3v) is 2.65. The second-order valence-electron chi connectivity index (χ2n) is 4.85. The van der Waals surface area contributed by atoms with Gasteiger partial charge in [-0.3, -0.25) is 9.59 Å². The van der Waals surface area contributed by atoms with Gasteiger partial charge >= 0.3 is 0 Å². The second-order valence-corrected chi connectivity index (χ2v) is 5.28. The molecule has 3 N–H and O–H groups in total. The molecular formula is C14H18ClN3O3. The topological polar surface area (TPSA) is 90.8 Å². The van der Waals surface area contributed by atoms with Crippen molar-refractivity contribution in [2.75, 3.05) is 0 Å². The summed E-state index contributed by atoms with van der Waals surface area (Å²) in [6.45, 7) is 5.33. The number of halogens is 1. The van der Waals surface area contributed by atoms with E-state index < -0.39 is 5.91 Å². The van der Waals surface area contributed by atoms with E-state index >= 15 is 0 Å². The van der Waals surface area contributed by atoms with Crippen LogP contribution in [0, 0.1) is 0 Å². The zero-order valence-electron chi connectivity index (χ0n) is 12.1. The number of nitrogens with zero attached hydrogens (tertiary/aromatic N) is 1. The first kappa shape index (κ1) is 17.0. The Labute approximate surface area is 128 Å². The minimum absolute atomic E-state index is 0.0191. The Morgan fingerprint density at radius 3 is 2.67 bits per heavy atom. The first-order valence-electron chi connectivity index (χ1n) is 6.41. The minimum Gasteiger partial charge on any atom is -0.507 e. The molecule has 6 nitrogen and oxygen atoms in total. The molecule has 0 aromatic heterocycles. The first-order valence-corrected chi connectivity index (χ1v) is 6.78. The van der Waals surface area contributed by atoms with Crippen molar-refractivity contribution >= 4 is 29.1 Å². The third-order valence-electron chi connectivity index (χ3n) is 2.42. The van der Waals surface area contributed by atoms with E-state index in [0.29, 0.717) is 10.7 Å². The van der Waals surface area contributed by atoms with E-state index in [1.54, 1.807) is 6.92 Å². The van der Waals surface area contributed by atoms with Crippen LogP contribution in [0.2, 0.25) is 5.02 Å². The van der Waals surface area contributed by atoms with Crippen LogP contribution < -0.4 is 10.7 Å². The molecule has 2 amide bonds. The number of hydrogen-bond donors (Lipinski definition) is 3. The molecule has 1 aromatic rings. The van der Waals surface area contributed by atoms with Gasteiger partial charge in [0.2, 0.25) is 5.91 Å². The fraction of sp³-hybridized carbons (Fsp3) is 0.357. The van der Waals surface area contributed by atoms with Gasteiger partial charge in [-0.05, 0) is 39.0 Å². The van der Waals surface area contributed by atoms with Crippen LogP contribution >= 0.6 is 11.6 Å². The van der Waals surface area contributed by atoms with Gasteiger partial charge in [0.15, 0.2) is 0 Å². The number of phenolic OH excluding ortho intramolecular Hbond substituents is 1. The molecule has 1 rings (SSSR count). The van der Waals surface area contributed by atoms with Crippen molar-refractivity contribution in [2.24, 2.45) is 5.10 Å². The Bertz CT molecular complexity index is 571. The molecule has 114 valence electrons. The van der Waals surface area contributed by atoms with Gasteiger partial charge in [0, 0.05) is 16.8 Å². The molecule has 21 heavy (non-hydrogen) atoms. The van der Waals surface area contributed by atoms with Crippen molar-refractivity contribution in [1.82, 2.24) is 10.7 Å². The Hall–Kier alpha value is -2.08. The predicted molar refractivity (Wildman–Crippen MR) is 81.6 cm³/mol. The summed E-state index contributed by atoms with van der Waals surface area (Å²) >= 11 is 5.76. The monoisotopic (exact) mass is 311 g/mol. The first-order chi connectivity index (χ1) is 9.79. The van der Waals surface area contributed by atoms with E-state index in [-0.39, 0.29) is 29.7 Å². The lowest BCUT2D eigenvalue weighted by molar-refractivity contribution is -0.120. The Morgan fingerprint density at radius 2 is 2.05 bits per heavy atom. The van der Waals surface area contributed by atoms with E-state index in [1.165, 1.54) is 18.2 Å². The number of nitrogens with one attached hydrogen (secondary N) is 2. The van der Waals surface area contributed by atoms with Crippen molar-refractivity contribution in [3.05, 3.63) is 28.8 Å². The highest BCUT2D eigenvalue weighted by Gasteiger charge is 2.11. The van der Waals surface area contributed by atoms with Gasteiger partial charge in [0.1, 0.15) is 5.75 Å². The number of carbonyl (C=O) groups is 2. The van der Waals surface area contributed by atoms with Crippen LogP contribution in [-0.2, 0) is 4.79 Å². The van der Waals surface area contributed by atoms with Crippen LogP contribution in [0.1, 0.15) is 37.6 Å². The van der Waals surface area contributed by atoms with Gasteiger partial charge in [-0.25, -0.2) is 5.43 Å². The van der Waals surface area contributed by atoms with Gasteiger partial charge in [-0.2, -0.15) is 5.10 Å². The van der Waals surface area contributed by atoms with E-state index in [9.17, 15) is 14.7 Å². The standard InChI is InChI=1S/C14H18ClN3O3/c1-8(2)16-13(20)6-9(3)17-18-14(21)11-7-10(15)4-5-12(11)19/h4-5,7-8,19H,6H2,1-3H3,(H,16,20)(H,18,21). The molecule has 0 bridgehead atoms. The predicted octanol–water partition coefficient (Wildman–Crippen LogP) is 2.07. The molecule has 0 spiro atoms. The van der Waals surface area contributed by atoms with Crippen molar-refractivity contribution in [3.63, 3.8) is 0 Å². The molecule has 7 heteroatoms. The quantitative estimate of drug-likeness (QED) is 0.574. The van der Waals surface area contributed by atoms with Gasteiger partial charge in [-0.15, -0.1) is 0 Å². The number of hydrazone groups is 1. The lowest BCUT2D eigenvalue weighted by Gasteiger charge is -2.08. The molecule has 0 fully saturated rings. The highest BCUT2D eigenvalue weighted by atomic mass is 35.5. The molecule has 0 saturated carbocycles. The summed E-state index contributed by atoms with van der Waals surface area (Å²) in [4.78, 5) is 23.4. The number of amides is 2. The molecule has 0 atom stereocenters. The number of aromatic hydroxyl groups is 1. The number of carbonyl (C=O) groups excluding carboxylic acids is 2. The molecule has 0 aliphatic rings. The highest BCUT2D eigenvalue weighted by molar-refractivity contribution is 6.31. The van der Waals surface area contributed by atoms with Crippen molar-refractivity contribution in [2.45, 2.75) is 33.2 Å². The smallest absolute Gasteiger partial charge is 0.275 e. The number of phenols is 1. The maximum Gasteiger partial charge on any atom is 0.275 e. The summed E-state index contributed by atoms with van der Waals surface area (Å²) in [7, 11) is 0. The van der Waals surface area contributed by atoms with Crippen molar-refractivity contribution < 1.29 is 14.7 Å². The van der Waals surface area contributed by atoms with Crippen LogP contribution in [0.3, 0.4) is 0 Å². The van der Waals surface area contributed by atoms with Crippen LogP contribution in [0.25, 0.3) is 0 Å². The van der Waals surface area contributed by atoms with Gasteiger partial charge in [-0.1, -0.05) is 11.6 Å². The van der Waals surface area contributed by atoms with E-state index in [0.717, 1.165) is 0 Å². The van der Waals surface area contributed by atoms with Crippen LogP contribution in [0.4, 0.5) is 0 Å². The third kappa shape index (κ3) is 5.83. The lowest BCUT2D eigenvalue weighted by Crippen LogP contribution is -2.31. The van der Waals surface area contributed by atoms with E-state index in [1.807, 2.05) is 13.8 Å². The molecule has 0 heterocycles. The van der Waals surface area contributed by atoms with Crippen LogP contribution in [0.15, 0.2) is 23.3 Å². The molecular weight excluding hydrogens is 294 g/mol. The maximum absolute atomic E-state index is 11.8. The minimum atomic E-state index is -0.599. The molecule has 1 aromatic carbocycles. The zero-order chi connectivity index (χ0) is 16.0. The largest absolute Gasteiger partial charge is 0.507 e. The van der Waals surface area contributed by atoms with Crippen molar-refractivity contribution in [3.8, 4) is 5.75 Å². The summed E-state index contributed by atoms with van der Waals surface area (Å²) in [5.41, 5.74) is 2.74. The van der Waals surface area contributed by atoms with Gasteiger partial charge in [0.05, 0.1) is 12.0 Å². The van der Waals surface area contributed by atoms with E-state index in [2.05, 4.69) is 15.8 Å². The lowest BCUT2D eigenvalue weighted by atomic mass is 10.2.